The lowest BCUT2D eigenvalue weighted by atomic mass is 10.0. The molecule has 0 aromatic carbocycles. The zero-order valence-corrected chi connectivity index (χ0v) is 40.9. The number of nitrogens with one attached hydrogen (secondary N) is 6. The van der Waals surface area contributed by atoms with Gasteiger partial charge in [-0.3, -0.25) is 33.6 Å². The highest BCUT2D eigenvalue weighted by atomic mass is 16.5. The summed E-state index contributed by atoms with van der Waals surface area (Å²) in [4.78, 5) is 93.2. The average Bonchev–Trinajstić information content (AvgIpc) is 3.33. The van der Waals surface area contributed by atoms with Crippen molar-refractivity contribution in [1.82, 2.24) is 31.9 Å². The average molecular weight is 992 g/mol. The molecule has 7 amide bonds. The van der Waals surface area contributed by atoms with Crippen molar-refractivity contribution < 1.29 is 76.3 Å². The van der Waals surface area contributed by atoms with Gasteiger partial charge in [-0.15, -0.1) is 0 Å². The highest BCUT2D eigenvalue weighted by Gasteiger charge is 2.10. The van der Waals surface area contributed by atoms with Crippen molar-refractivity contribution in [3.63, 3.8) is 0 Å². The number of carbonyl (C=O) groups excluding carboxylic acids is 8. The number of hydrogen-bond acceptors (Lipinski definition) is 18. The van der Waals surface area contributed by atoms with Crippen molar-refractivity contribution in [3.8, 4) is 0 Å². The fourth-order valence-corrected chi connectivity index (χ4v) is 5.45. The van der Waals surface area contributed by atoms with E-state index < -0.39 is 0 Å². The van der Waals surface area contributed by atoms with Crippen LogP contribution in [0.3, 0.4) is 0 Å². The molecule has 0 saturated carbocycles. The summed E-state index contributed by atoms with van der Waals surface area (Å²) in [5.74, 6) is -1.85. The van der Waals surface area contributed by atoms with Crippen molar-refractivity contribution in [2.24, 2.45) is 17.6 Å². The van der Waals surface area contributed by atoms with Gasteiger partial charge in [0.2, 0.25) is 41.4 Å². The van der Waals surface area contributed by atoms with Crippen molar-refractivity contribution >= 4 is 47.6 Å². The number of rotatable bonds is 49. The number of aldehydes is 1. The number of primary amides is 1. The second-order valence-electron chi connectivity index (χ2n) is 15.2. The molecule has 398 valence electrons. The molecule has 0 aromatic heterocycles. The molecule has 0 aliphatic heterocycles. The second kappa shape index (κ2) is 50.9. The van der Waals surface area contributed by atoms with Crippen molar-refractivity contribution in [2.75, 3.05) is 145 Å². The molecule has 0 spiro atoms. The third-order valence-electron chi connectivity index (χ3n) is 9.42. The van der Waals surface area contributed by atoms with E-state index in [1.165, 1.54) is 0 Å². The van der Waals surface area contributed by atoms with Gasteiger partial charge >= 0.3 is 0 Å². The molecule has 0 rings (SSSR count). The molecule has 0 aliphatic rings. The van der Waals surface area contributed by atoms with Gasteiger partial charge in [0.05, 0.1) is 79.3 Å². The molecule has 0 bridgehead atoms. The SMILES string of the molecule is CC[C@H](C=O)CCCCNC(=O)COCCOCCNC(=O)COCCOCCNC(=O)CCCC(=O)NCCOCCOCC(=O)NCCOCCOCC(=O)NCCCC[C@H](C)C(N)=O.N#N. The van der Waals surface area contributed by atoms with E-state index in [9.17, 15) is 38.4 Å². The summed E-state index contributed by atoms with van der Waals surface area (Å²) in [6.07, 6.45) is 7.32. The van der Waals surface area contributed by atoms with Crippen molar-refractivity contribution in [3.05, 3.63) is 0 Å². The Labute approximate surface area is 406 Å². The first kappa shape index (κ1) is 66.1. The number of ether oxygens (including phenoxy) is 8. The standard InChI is InChI=1S/C44H81N7O16.N2/c1-3-37(31-52)10-5-7-14-47-41(56)33-65-28-26-63-22-18-51-43(58)35-67-30-24-61-20-16-49-39(54)12-8-11-38(53)48-15-19-60-23-29-66-34-42(57)50-17-21-62-25-27-64-32-40(55)46-13-6-4-9-36(2)44(45)59;1-2/h31,36-37H,3-30,32-35H2,1-2H3,(H2,45,59)(H,46,55)(H,47,56)(H,48,53)(H,49,54)(H,50,57)(H,51,58);/t36-,37-;/m0./s1. The Hall–Kier alpha value is -4.94. The van der Waals surface area contributed by atoms with Gasteiger partial charge in [0, 0.05) is 74.7 Å². The molecule has 0 heterocycles. The lowest BCUT2D eigenvalue weighted by Gasteiger charge is -2.09. The Kier molecular flexibility index (Phi) is 48.8. The van der Waals surface area contributed by atoms with Crippen LogP contribution in [0, 0.1) is 22.6 Å². The third-order valence-corrected chi connectivity index (χ3v) is 9.42. The van der Waals surface area contributed by atoms with Gasteiger partial charge in [0.1, 0.15) is 32.7 Å². The van der Waals surface area contributed by atoms with Crippen LogP contribution >= 0.6 is 0 Å². The normalized spacial score (nSPS) is 11.5. The second-order valence-corrected chi connectivity index (χ2v) is 15.2. The lowest BCUT2D eigenvalue weighted by Crippen LogP contribution is -2.32. The van der Waals surface area contributed by atoms with E-state index in [1.807, 2.05) is 6.92 Å². The Balaban J connectivity index is 0. The van der Waals surface area contributed by atoms with Crippen LogP contribution in [0.2, 0.25) is 0 Å². The fraction of sp³-hybridized carbons (Fsp3) is 0.818. The summed E-state index contributed by atoms with van der Waals surface area (Å²) < 4.78 is 42.6. The van der Waals surface area contributed by atoms with Gasteiger partial charge in [-0.05, 0) is 38.5 Å². The Bertz CT molecular complexity index is 1300. The minimum absolute atomic E-state index is 0.0613. The van der Waals surface area contributed by atoms with Crippen LogP contribution < -0.4 is 37.6 Å². The molecule has 69 heavy (non-hydrogen) atoms. The highest BCUT2D eigenvalue weighted by Crippen LogP contribution is 2.09. The number of carbonyl (C=O) groups is 8. The molecule has 25 nitrogen and oxygen atoms in total. The zero-order chi connectivity index (χ0) is 51.4. The van der Waals surface area contributed by atoms with Gasteiger partial charge in [-0.1, -0.05) is 26.7 Å². The smallest absolute Gasteiger partial charge is 0.246 e. The van der Waals surface area contributed by atoms with Gasteiger partial charge in [-0.2, -0.15) is 0 Å². The summed E-state index contributed by atoms with van der Waals surface area (Å²) in [6.45, 7) is 8.50. The van der Waals surface area contributed by atoms with E-state index in [-0.39, 0.29) is 178 Å². The largest absolute Gasteiger partial charge is 0.377 e. The van der Waals surface area contributed by atoms with Crippen LogP contribution in [-0.2, 0) is 76.3 Å². The quantitative estimate of drug-likeness (QED) is 0.0212. The summed E-state index contributed by atoms with van der Waals surface area (Å²) >= 11 is 0. The Morgan fingerprint density at radius 1 is 0.435 bits per heavy atom. The molecule has 0 aliphatic carbocycles. The Morgan fingerprint density at radius 3 is 1.06 bits per heavy atom. The van der Waals surface area contributed by atoms with Crippen molar-refractivity contribution in [2.45, 2.75) is 78.1 Å². The van der Waals surface area contributed by atoms with E-state index in [1.54, 1.807) is 6.92 Å². The zero-order valence-electron chi connectivity index (χ0n) is 40.9. The van der Waals surface area contributed by atoms with Crippen LogP contribution in [0.15, 0.2) is 0 Å². The van der Waals surface area contributed by atoms with Crippen LogP contribution in [0.1, 0.15) is 78.1 Å². The number of nitrogens with two attached hydrogens (primary N) is 1. The third kappa shape index (κ3) is 49.3. The first-order chi connectivity index (χ1) is 33.5. The van der Waals surface area contributed by atoms with E-state index >= 15 is 0 Å². The van der Waals surface area contributed by atoms with Gasteiger partial charge in [0.15, 0.2) is 0 Å². The predicted octanol–water partition coefficient (Wildman–Crippen LogP) is -1.30. The lowest BCUT2D eigenvalue weighted by molar-refractivity contribution is -0.127. The molecule has 2 atom stereocenters. The number of hydrogen-bond donors (Lipinski definition) is 7. The number of unbranched alkanes of at least 4 members (excludes halogenated alkanes) is 2. The van der Waals surface area contributed by atoms with Crippen LogP contribution in [-0.4, -0.2) is 193 Å². The minimum atomic E-state index is -0.322. The molecule has 25 heteroatoms. The first-order valence-corrected chi connectivity index (χ1v) is 23.6. The molecule has 0 aromatic rings. The molecular formula is C44H81N9O16. The fourth-order valence-electron chi connectivity index (χ4n) is 5.45. The topological polar surface area (TPSA) is 356 Å². The van der Waals surface area contributed by atoms with E-state index in [0.717, 1.165) is 44.8 Å². The first-order valence-electron chi connectivity index (χ1n) is 23.6. The summed E-state index contributed by atoms with van der Waals surface area (Å²) in [5, 5.41) is 28.3. The van der Waals surface area contributed by atoms with E-state index in [0.29, 0.717) is 45.6 Å². The van der Waals surface area contributed by atoms with Crippen molar-refractivity contribution in [1.29, 1.82) is 10.8 Å². The maximum absolute atomic E-state index is 12.0. The summed E-state index contributed by atoms with van der Waals surface area (Å²) in [6, 6.07) is 0. The van der Waals surface area contributed by atoms with Gasteiger partial charge < -0.3 is 80.3 Å². The minimum Gasteiger partial charge on any atom is -0.377 e. The summed E-state index contributed by atoms with van der Waals surface area (Å²) in [5.41, 5.74) is 5.22. The van der Waals surface area contributed by atoms with Crippen LogP contribution in [0.4, 0.5) is 0 Å². The van der Waals surface area contributed by atoms with Crippen LogP contribution in [0.5, 0.6) is 0 Å². The molecular weight excluding hydrogens is 911 g/mol. The molecule has 8 N–H and O–H groups in total. The molecule has 0 saturated heterocycles. The molecule has 0 unspecified atom stereocenters. The van der Waals surface area contributed by atoms with Gasteiger partial charge in [-0.25, -0.2) is 0 Å². The monoisotopic (exact) mass is 992 g/mol. The molecule has 0 radical (unpaired) electrons. The number of nitrogens with zero attached hydrogens (tertiary/aromatic N) is 2. The maximum Gasteiger partial charge on any atom is 0.246 e. The highest BCUT2D eigenvalue weighted by molar-refractivity contribution is 5.79. The Morgan fingerprint density at radius 2 is 0.739 bits per heavy atom. The maximum atomic E-state index is 12.0. The van der Waals surface area contributed by atoms with E-state index in [4.69, 9.17) is 54.4 Å². The predicted molar refractivity (Wildman–Crippen MR) is 248 cm³/mol. The summed E-state index contributed by atoms with van der Waals surface area (Å²) in [7, 11) is 0. The van der Waals surface area contributed by atoms with Crippen LogP contribution in [0.25, 0.3) is 0 Å². The van der Waals surface area contributed by atoms with E-state index in [2.05, 4.69) is 31.9 Å². The molecule has 0 fully saturated rings. The van der Waals surface area contributed by atoms with Gasteiger partial charge in [0.25, 0.3) is 0 Å². The number of amides is 7.